The van der Waals surface area contributed by atoms with Gasteiger partial charge in [0.2, 0.25) is 16.0 Å². The Morgan fingerprint density at radius 2 is 2.12 bits per heavy atom. The normalized spacial score (nSPS) is 21.3. The van der Waals surface area contributed by atoms with Crippen LogP contribution in [0.3, 0.4) is 0 Å². The Bertz CT molecular complexity index is 468. The molecule has 1 aromatic rings. The molecule has 0 aromatic carbocycles. The zero-order chi connectivity index (χ0) is 12.3. The lowest BCUT2D eigenvalue weighted by molar-refractivity contribution is 0.0774. The molecule has 1 fully saturated rings. The first-order valence-corrected chi connectivity index (χ1v) is 6.74. The lowest BCUT2D eigenvalue weighted by atomic mass is 10.1. The Kier molecular flexibility index (Phi) is 3.55. The summed E-state index contributed by atoms with van der Waals surface area (Å²) in [5.41, 5.74) is 5.30. The molecule has 0 bridgehead atoms. The second-order valence-electron chi connectivity index (χ2n) is 3.81. The fraction of sp³-hybridized carbons (Fsp3) is 0.556. The van der Waals surface area contributed by atoms with Gasteiger partial charge in [0.05, 0.1) is 19.0 Å². The molecule has 0 radical (unpaired) electrons. The zero-order valence-electron chi connectivity index (χ0n) is 9.17. The first-order chi connectivity index (χ1) is 8.08. The Balaban J connectivity index is 2.10. The van der Waals surface area contributed by atoms with Crippen LogP contribution in [0.25, 0.3) is 0 Å². The van der Waals surface area contributed by atoms with Crippen LogP contribution in [-0.2, 0) is 14.8 Å². The SMILES string of the molecule is Nc1ncc(S(=O)(=O)NC2CCCOC2)cn1. The number of hydrogen-bond donors (Lipinski definition) is 2. The van der Waals surface area contributed by atoms with Crippen molar-refractivity contribution in [3.8, 4) is 0 Å². The highest BCUT2D eigenvalue weighted by Gasteiger charge is 2.22. The van der Waals surface area contributed by atoms with Gasteiger partial charge in [-0.3, -0.25) is 0 Å². The zero-order valence-corrected chi connectivity index (χ0v) is 9.98. The monoisotopic (exact) mass is 258 g/mol. The van der Waals surface area contributed by atoms with Crippen LogP contribution in [0.15, 0.2) is 17.3 Å². The molecule has 1 aliphatic heterocycles. The van der Waals surface area contributed by atoms with Crippen molar-refractivity contribution in [2.24, 2.45) is 0 Å². The van der Waals surface area contributed by atoms with Crippen LogP contribution in [0.2, 0.25) is 0 Å². The average Bonchev–Trinajstić information content (AvgIpc) is 2.30. The van der Waals surface area contributed by atoms with Gasteiger partial charge in [0.1, 0.15) is 4.90 Å². The minimum atomic E-state index is -3.59. The van der Waals surface area contributed by atoms with E-state index in [1.807, 2.05) is 0 Å². The molecule has 1 unspecified atom stereocenters. The van der Waals surface area contributed by atoms with E-state index in [0.717, 1.165) is 12.8 Å². The van der Waals surface area contributed by atoms with Crippen molar-refractivity contribution in [3.63, 3.8) is 0 Å². The molecule has 1 aliphatic rings. The Morgan fingerprint density at radius 3 is 2.71 bits per heavy atom. The fourth-order valence-corrected chi connectivity index (χ4v) is 2.73. The molecule has 0 amide bonds. The van der Waals surface area contributed by atoms with Crippen molar-refractivity contribution in [2.45, 2.75) is 23.8 Å². The molecule has 0 spiro atoms. The number of nitrogens with zero attached hydrogens (tertiary/aromatic N) is 2. The summed E-state index contributed by atoms with van der Waals surface area (Å²) >= 11 is 0. The number of sulfonamides is 1. The molecular formula is C9H14N4O3S. The number of nitrogens with two attached hydrogens (primary N) is 1. The number of hydrogen-bond acceptors (Lipinski definition) is 6. The first-order valence-electron chi connectivity index (χ1n) is 5.25. The smallest absolute Gasteiger partial charge is 0.243 e. The molecule has 1 saturated heterocycles. The number of nitrogen functional groups attached to an aromatic ring is 1. The van der Waals surface area contributed by atoms with E-state index in [1.54, 1.807) is 0 Å². The van der Waals surface area contributed by atoms with Crippen molar-refractivity contribution in [1.82, 2.24) is 14.7 Å². The van der Waals surface area contributed by atoms with E-state index in [9.17, 15) is 8.42 Å². The first kappa shape index (κ1) is 12.2. The van der Waals surface area contributed by atoms with Gasteiger partial charge >= 0.3 is 0 Å². The fourth-order valence-electron chi connectivity index (χ4n) is 1.59. The highest BCUT2D eigenvalue weighted by atomic mass is 32.2. The van der Waals surface area contributed by atoms with Gasteiger partial charge in [-0.2, -0.15) is 0 Å². The Morgan fingerprint density at radius 1 is 1.41 bits per heavy atom. The lowest BCUT2D eigenvalue weighted by Gasteiger charge is -2.22. The Hall–Kier alpha value is -1.25. The molecule has 0 aliphatic carbocycles. The summed E-state index contributed by atoms with van der Waals surface area (Å²) in [5, 5.41) is 0. The molecule has 7 nitrogen and oxygen atoms in total. The summed E-state index contributed by atoms with van der Waals surface area (Å²) in [6, 6.07) is -0.189. The van der Waals surface area contributed by atoms with E-state index >= 15 is 0 Å². The van der Waals surface area contributed by atoms with Crippen molar-refractivity contribution in [2.75, 3.05) is 18.9 Å². The second kappa shape index (κ2) is 4.94. The summed E-state index contributed by atoms with van der Waals surface area (Å²) < 4.78 is 31.6. The number of anilines is 1. The van der Waals surface area contributed by atoms with E-state index in [-0.39, 0.29) is 16.9 Å². The maximum absolute atomic E-state index is 11.9. The molecule has 8 heteroatoms. The van der Waals surface area contributed by atoms with Crippen molar-refractivity contribution >= 4 is 16.0 Å². The Labute approximate surface area is 99.5 Å². The van der Waals surface area contributed by atoms with Crippen LogP contribution in [0.5, 0.6) is 0 Å². The highest BCUT2D eigenvalue weighted by Crippen LogP contribution is 2.11. The van der Waals surface area contributed by atoms with Crippen molar-refractivity contribution in [1.29, 1.82) is 0 Å². The van der Waals surface area contributed by atoms with Gasteiger partial charge in [0.25, 0.3) is 0 Å². The highest BCUT2D eigenvalue weighted by molar-refractivity contribution is 7.89. The van der Waals surface area contributed by atoms with Crippen LogP contribution in [-0.4, -0.2) is 37.6 Å². The van der Waals surface area contributed by atoms with Gasteiger partial charge in [-0.1, -0.05) is 0 Å². The predicted octanol–water partition coefficient (Wildman–Crippen LogP) is -0.484. The van der Waals surface area contributed by atoms with Gasteiger partial charge in [-0.05, 0) is 12.8 Å². The maximum atomic E-state index is 11.9. The average molecular weight is 258 g/mol. The van der Waals surface area contributed by atoms with E-state index in [4.69, 9.17) is 10.5 Å². The predicted molar refractivity (Wildman–Crippen MR) is 60.6 cm³/mol. The summed E-state index contributed by atoms with van der Waals surface area (Å²) in [4.78, 5) is 7.32. The molecule has 1 atom stereocenters. The van der Waals surface area contributed by atoms with Gasteiger partial charge in [-0.15, -0.1) is 0 Å². The van der Waals surface area contributed by atoms with E-state index in [2.05, 4.69) is 14.7 Å². The maximum Gasteiger partial charge on any atom is 0.243 e. The number of ether oxygens (including phenoxy) is 1. The van der Waals surface area contributed by atoms with Crippen LogP contribution in [0.4, 0.5) is 5.95 Å². The van der Waals surface area contributed by atoms with E-state index in [0.29, 0.717) is 13.2 Å². The third-order valence-corrected chi connectivity index (χ3v) is 3.92. The summed E-state index contributed by atoms with van der Waals surface area (Å²) in [6.07, 6.45) is 4.00. The second-order valence-corrected chi connectivity index (χ2v) is 5.53. The molecular weight excluding hydrogens is 244 g/mol. The molecule has 17 heavy (non-hydrogen) atoms. The largest absolute Gasteiger partial charge is 0.380 e. The van der Waals surface area contributed by atoms with Gasteiger partial charge < -0.3 is 10.5 Å². The van der Waals surface area contributed by atoms with Crippen molar-refractivity contribution in [3.05, 3.63) is 12.4 Å². The third kappa shape index (κ3) is 3.11. The molecule has 94 valence electrons. The number of rotatable bonds is 3. The molecule has 3 N–H and O–H groups in total. The van der Waals surface area contributed by atoms with E-state index < -0.39 is 10.0 Å². The summed E-state index contributed by atoms with van der Waals surface area (Å²) in [7, 11) is -3.59. The quantitative estimate of drug-likeness (QED) is 0.758. The van der Waals surface area contributed by atoms with Gasteiger partial charge in [-0.25, -0.2) is 23.1 Å². The minimum Gasteiger partial charge on any atom is -0.380 e. The summed E-state index contributed by atoms with van der Waals surface area (Å²) in [6.45, 7) is 1.08. The topological polar surface area (TPSA) is 107 Å². The summed E-state index contributed by atoms with van der Waals surface area (Å²) in [5.74, 6) is 0.0462. The lowest BCUT2D eigenvalue weighted by Crippen LogP contribution is -2.40. The molecule has 0 saturated carbocycles. The van der Waals surface area contributed by atoms with Crippen LogP contribution < -0.4 is 10.5 Å². The van der Waals surface area contributed by atoms with Crippen LogP contribution >= 0.6 is 0 Å². The third-order valence-electron chi connectivity index (χ3n) is 2.44. The van der Waals surface area contributed by atoms with Gasteiger partial charge in [0, 0.05) is 12.6 Å². The molecule has 2 heterocycles. The number of nitrogens with one attached hydrogen (secondary N) is 1. The standard InChI is InChI=1S/C9H14N4O3S/c10-9-11-4-8(5-12-9)17(14,15)13-7-2-1-3-16-6-7/h4-5,7,13H,1-3,6H2,(H2,10,11,12). The van der Waals surface area contributed by atoms with E-state index in [1.165, 1.54) is 12.4 Å². The van der Waals surface area contributed by atoms with Crippen LogP contribution in [0.1, 0.15) is 12.8 Å². The minimum absolute atomic E-state index is 0.0114. The molecule has 2 rings (SSSR count). The van der Waals surface area contributed by atoms with Crippen LogP contribution in [0, 0.1) is 0 Å². The van der Waals surface area contributed by atoms with Crippen molar-refractivity contribution < 1.29 is 13.2 Å². The molecule has 1 aromatic heterocycles. The number of aromatic nitrogens is 2. The van der Waals surface area contributed by atoms with Gasteiger partial charge in [0.15, 0.2) is 0 Å².